The topological polar surface area (TPSA) is 133 Å². The first kappa shape index (κ1) is 15.0. The van der Waals surface area contributed by atoms with Gasteiger partial charge in [0.2, 0.25) is 5.54 Å². The van der Waals surface area contributed by atoms with Crippen molar-refractivity contribution < 1.29 is 24.7 Å². The van der Waals surface area contributed by atoms with Crippen molar-refractivity contribution in [2.75, 3.05) is 19.6 Å². The third-order valence-electron chi connectivity index (χ3n) is 4.21. The number of carboxylic acid groups (broad SMARTS) is 1. The van der Waals surface area contributed by atoms with E-state index in [-0.39, 0.29) is 19.5 Å². The van der Waals surface area contributed by atoms with Crippen LogP contribution in [0, 0.1) is 5.92 Å². The van der Waals surface area contributed by atoms with Crippen LogP contribution in [0.1, 0.15) is 19.3 Å². The second-order valence-electron chi connectivity index (χ2n) is 5.22. The van der Waals surface area contributed by atoms with E-state index in [1.165, 1.54) is 0 Å². The molecule has 0 aromatic rings. The second-order valence-corrected chi connectivity index (χ2v) is 5.22. The van der Waals surface area contributed by atoms with Gasteiger partial charge < -0.3 is 21.4 Å². The second kappa shape index (κ2) is 5.57. The van der Waals surface area contributed by atoms with Crippen molar-refractivity contribution in [2.24, 2.45) is 11.7 Å². The summed E-state index contributed by atoms with van der Waals surface area (Å²) in [5.41, 5.74) is 3.09. The van der Waals surface area contributed by atoms with E-state index >= 15 is 0 Å². The van der Waals surface area contributed by atoms with Gasteiger partial charge in [-0.25, -0.2) is 4.79 Å². The van der Waals surface area contributed by atoms with Crippen LogP contribution in [0.5, 0.6) is 0 Å². The predicted octanol–water partition coefficient (Wildman–Crippen LogP) is -1.63. The van der Waals surface area contributed by atoms with E-state index in [4.69, 9.17) is 5.73 Å². The lowest BCUT2D eigenvalue weighted by Gasteiger charge is -2.34. The molecule has 3 atom stereocenters. The molecular formula is C12H19N3O5. The monoisotopic (exact) mass is 285 g/mol. The van der Waals surface area contributed by atoms with Gasteiger partial charge in [-0.3, -0.25) is 9.59 Å². The van der Waals surface area contributed by atoms with Crippen LogP contribution in [0.25, 0.3) is 0 Å². The Bertz CT molecular complexity index is 435. The Hall–Kier alpha value is -1.35. The number of ketones is 2. The molecule has 112 valence electrons. The molecule has 0 aromatic heterocycles. The van der Waals surface area contributed by atoms with Gasteiger partial charge in [-0.15, -0.1) is 0 Å². The summed E-state index contributed by atoms with van der Waals surface area (Å²) in [6, 6.07) is -0.646. The van der Waals surface area contributed by atoms with Gasteiger partial charge >= 0.3 is 5.97 Å². The van der Waals surface area contributed by atoms with Crippen LogP contribution in [0.15, 0.2) is 0 Å². The maximum absolute atomic E-state index is 12.6. The fourth-order valence-electron chi connectivity index (χ4n) is 3.19. The summed E-state index contributed by atoms with van der Waals surface area (Å²) in [4.78, 5) is 36.2. The maximum atomic E-state index is 12.6. The summed E-state index contributed by atoms with van der Waals surface area (Å²) in [6.45, 7) is 0.229. The number of carbonyl (C=O) groups is 3. The SMILES string of the molecule is NCC(=O)C1CCN(O)C1(C(=O)O)C(=O)C1CCCN1. The number of nitrogens with one attached hydrogen (secondary N) is 1. The van der Waals surface area contributed by atoms with Crippen LogP contribution >= 0.6 is 0 Å². The Balaban J connectivity index is 2.42. The van der Waals surface area contributed by atoms with E-state index in [2.05, 4.69) is 5.32 Å². The normalized spacial score (nSPS) is 34.3. The molecule has 2 fully saturated rings. The summed E-state index contributed by atoms with van der Waals surface area (Å²) in [7, 11) is 0. The summed E-state index contributed by atoms with van der Waals surface area (Å²) < 4.78 is 0. The molecule has 5 N–H and O–H groups in total. The van der Waals surface area contributed by atoms with Crippen molar-refractivity contribution in [2.45, 2.75) is 30.8 Å². The van der Waals surface area contributed by atoms with Crippen molar-refractivity contribution in [1.29, 1.82) is 0 Å². The van der Waals surface area contributed by atoms with Crippen LogP contribution in [0.2, 0.25) is 0 Å². The third kappa shape index (κ3) is 2.05. The van der Waals surface area contributed by atoms with Crippen molar-refractivity contribution in [1.82, 2.24) is 10.4 Å². The van der Waals surface area contributed by atoms with E-state index in [1.54, 1.807) is 0 Å². The first-order valence-corrected chi connectivity index (χ1v) is 6.66. The largest absolute Gasteiger partial charge is 0.479 e. The average Bonchev–Trinajstić information content (AvgIpc) is 3.04. The summed E-state index contributed by atoms with van der Waals surface area (Å²) in [5, 5.41) is 22.9. The fraction of sp³-hybridized carbons (Fsp3) is 0.750. The number of Topliss-reactive ketones (excluding diaryl/α,β-unsaturated/α-hetero) is 2. The van der Waals surface area contributed by atoms with Crippen LogP contribution in [0.4, 0.5) is 0 Å². The highest BCUT2D eigenvalue weighted by Crippen LogP contribution is 2.37. The minimum atomic E-state index is -2.21. The molecule has 2 heterocycles. The van der Waals surface area contributed by atoms with Gasteiger partial charge in [0.25, 0.3) is 0 Å². The Kier molecular flexibility index (Phi) is 4.19. The number of rotatable bonds is 5. The number of nitrogens with two attached hydrogens (primary N) is 1. The molecular weight excluding hydrogens is 266 g/mol. The number of hydrogen-bond acceptors (Lipinski definition) is 7. The smallest absolute Gasteiger partial charge is 0.335 e. The number of nitrogens with zero attached hydrogens (tertiary/aromatic N) is 1. The lowest BCUT2D eigenvalue weighted by Crippen LogP contribution is -2.65. The molecule has 0 aliphatic carbocycles. The van der Waals surface area contributed by atoms with Crippen molar-refractivity contribution in [3.63, 3.8) is 0 Å². The van der Waals surface area contributed by atoms with Gasteiger partial charge in [-0.2, -0.15) is 5.06 Å². The lowest BCUT2D eigenvalue weighted by molar-refractivity contribution is -0.194. The van der Waals surface area contributed by atoms with Crippen LogP contribution in [0.3, 0.4) is 0 Å². The number of carbonyl (C=O) groups excluding carboxylic acids is 2. The zero-order valence-electron chi connectivity index (χ0n) is 11.0. The molecule has 0 aromatic carbocycles. The molecule has 0 spiro atoms. The van der Waals surface area contributed by atoms with Gasteiger partial charge in [0.15, 0.2) is 11.6 Å². The quantitative estimate of drug-likeness (QED) is 0.442. The average molecular weight is 285 g/mol. The minimum absolute atomic E-state index is 0.0405. The van der Waals surface area contributed by atoms with Crippen LogP contribution in [-0.4, -0.2) is 64.1 Å². The molecule has 2 rings (SSSR count). The Morgan fingerprint density at radius 1 is 1.35 bits per heavy atom. The van der Waals surface area contributed by atoms with E-state index in [9.17, 15) is 24.7 Å². The molecule has 20 heavy (non-hydrogen) atoms. The van der Waals surface area contributed by atoms with Gasteiger partial charge in [0, 0.05) is 6.54 Å². The molecule has 0 radical (unpaired) electrons. The van der Waals surface area contributed by atoms with Crippen LogP contribution in [-0.2, 0) is 14.4 Å². The predicted molar refractivity (Wildman–Crippen MR) is 67.1 cm³/mol. The van der Waals surface area contributed by atoms with Crippen molar-refractivity contribution in [3.05, 3.63) is 0 Å². The first-order valence-electron chi connectivity index (χ1n) is 6.66. The van der Waals surface area contributed by atoms with Gasteiger partial charge in [-0.1, -0.05) is 0 Å². The molecule has 2 saturated heterocycles. The molecule has 0 bridgehead atoms. The Labute approximate surface area is 115 Å². The minimum Gasteiger partial charge on any atom is -0.479 e. The zero-order chi connectivity index (χ0) is 14.9. The first-order chi connectivity index (χ1) is 9.46. The number of aliphatic carboxylic acids is 1. The summed E-state index contributed by atoms with van der Waals surface area (Å²) in [5.74, 6) is -3.78. The van der Waals surface area contributed by atoms with Crippen molar-refractivity contribution >= 4 is 17.5 Å². The number of carboxylic acids is 1. The van der Waals surface area contributed by atoms with Crippen molar-refractivity contribution in [3.8, 4) is 0 Å². The van der Waals surface area contributed by atoms with E-state index in [0.29, 0.717) is 18.0 Å². The number of hydroxylamine groups is 2. The molecule has 0 amide bonds. The van der Waals surface area contributed by atoms with Gasteiger partial charge in [-0.05, 0) is 25.8 Å². The van der Waals surface area contributed by atoms with E-state index in [1.807, 2.05) is 0 Å². The van der Waals surface area contributed by atoms with Gasteiger partial charge in [0.05, 0.1) is 18.5 Å². The summed E-state index contributed by atoms with van der Waals surface area (Å²) >= 11 is 0. The standard InChI is InChI=1S/C12H19N3O5/c13-6-9(16)7-3-5-15(20)12(7,11(18)19)10(17)8-2-1-4-14-8/h7-8,14,20H,1-6,13H2,(H,18,19). The Morgan fingerprint density at radius 2 is 2.05 bits per heavy atom. The zero-order valence-corrected chi connectivity index (χ0v) is 11.0. The highest BCUT2D eigenvalue weighted by Gasteiger charge is 2.63. The molecule has 8 nitrogen and oxygen atoms in total. The van der Waals surface area contributed by atoms with E-state index < -0.39 is 35.0 Å². The van der Waals surface area contributed by atoms with Crippen LogP contribution < -0.4 is 11.1 Å². The Morgan fingerprint density at radius 3 is 2.55 bits per heavy atom. The molecule has 2 aliphatic heterocycles. The third-order valence-corrected chi connectivity index (χ3v) is 4.21. The summed E-state index contributed by atoms with van der Waals surface area (Å²) in [6.07, 6.45) is 1.37. The highest BCUT2D eigenvalue weighted by molar-refractivity contribution is 6.14. The van der Waals surface area contributed by atoms with E-state index in [0.717, 1.165) is 6.42 Å². The molecule has 2 aliphatic rings. The molecule has 0 saturated carbocycles. The molecule has 3 unspecified atom stereocenters. The molecule has 8 heteroatoms. The number of hydrogen-bond donors (Lipinski definition) is 4. The van der Waals surface area contributed by atoms with Gasteiger partial charge in [0.1, 0.15) is 0 Å². The highest BCUT2D eigenvalue weighted by atomic mass is 16.5. The lowest BCUT2D eigenvalue weighted by atomic mass is 9.76. The fourth-order valence-corrected chi connectivity index (χ4v) is 3.19. The maximum Gasteiger partial charge on any atom is 0.335 e.